The molecule has 0 aliphatic heterocycles. The van der Waals surface area contributed by atoms with Crippen molar-refractivity contribution in [3.8, 4) is 0 Å². The largest absolute Gasteiger partial charge is 0.290 e. The fourth-order valence-electron chi connectivity index (χ4n) is 1.07. The van der Waals surface area contributed by atoms with Gasteiger partial charge in [-0.3, -0.25) is 14.9 Å². The normalized spacial score (nSPS) is 14.8. The number of benzene rings is 1. The highest BCUT2D eigenvalue weighted by atomic mass is 127. The van der Waals surface area contributed by atoms with Crippen LogP contribution < -0.4 is 0 Å². The first-order valence-corrected chi connectivity index (χ1v) is 7.79. The average Bonchev–Trinajstić information content (AvgIpc) is 2.26. The van der Waals surface area contributed by atoms with Gasteiger partial charge in [-0.25, -0.2) is 8.42 Å². The van der Waals surface area contributed by atoms with E-state index in [2.05, 4.69) is 0 Å². The van der Waals surface area contributed by atoms with Crippen molar-refractivity contribution >= 4 is 55.5 Å². The Labute approximate surface area is 122 Å². The molecule has 1 atom stereocenters. The summed E-state index contributed by atoms with van der Waals surface area (Å²) < 4.78 is 20.6. The number of hydrogen-bond acceptors (Lipinski definition) is 5. The molecule has 98 valence electrons. The number of Topliss-reactive ketones (excluding diaryl/α,β-unsaturated/α-hetero) is 1. The SMILES string of the molecule is CS(=O)(=O)C(Cl)(I)C(=O)c1ccc([N+](=O)[O-])cc1. The fraction of sp³-hybridized carbons (Fsp3) is 0.222. The van der Waals surface area contributed by atoms with Gasteiger partial charge in [-0.2, -0.15) is 0 Å². The number of hydrogen-bond donors (Lipinski definition) is 0. The molecule has 0 saturated carbocycles. The quantitative estimate of drug-likeness (QED) is 0.252. The summed E-state index contributed by atoms with van der Waals surface area (Å²) in [7, 11) is -3.81. The minimum Gasteiger partial charge on any atom is -0.290 e. The molecule has 18 heavy (non-hydrogen) atoms. The minimum absolute atomic E-state index is 0.00424. The highest BCUT2D eigenvalue weighted by molar-refractivity contribution is 14.1. The second kappa shape index (κ2) is 5.10. The third-order valence-corrected chi connectivity index (χ3v) is 7.09. The van der Waals surface area contributed by atoms with E-state index in [1.807, 2.05) is 0 Å². The van der Waals surface area contributed by atoms with Gasteiger partial charge in [0.2, 0.25) is 5.78 Å². The third kappa shape index (κ3) is 2.98. The Hall–Kier alpha value is -0.740. The third-order valence-electron chi connectivity index (χ3n) is 2.07. The maximum Gasteiger partial charge on any atom is 0.269 e. The Morgan fingerprint density at radius 1 is 1.39 bits per heavy atom. The zero-order chi connectivity index (χ0) is 14.1. The molecule has 0 N–H and O–H groups in total. The van der Waals surface area contributed by atoms with Gasteiger partial charge in [0.15, 0.2) is 9.84 Å². The van der Waals surface area contributed by atoms with E-state index in [1.165, 1.54) is 34.7 Å². The second-order valence-corrected chi connectivity index (χ2v) is 9.36. The molecule has 0 heterocycles. The molecule has 6 nitrogen and oxygen atoms in total. The van der Waals surface area contributed by atoms with Crippen LogP contribution in [0.5, 0.6) is 0 Å². The van der Waals surface area contributed by atoms with Crippen molar-refractivity contribution in [1.29, 1.82) is 0 Å². The standard InChI is InChI=1S/C9H7ClINO5S/c1-18(16,17)9(10,11)8(13)6-2-4-7(5-3-6)12(14)15/h2-5H,1H3. The second-order valence-electron chi connectivity index (χ2n) is 3.42. The van der Waals surface area contributed by atoms with E-state index in [0.29, 0.717) is 0 Å². The molecule has 0 spiro atoms. The Kier molecular flexibility index (Phi) is 4.34. The van der Waals surface area contributed by atoms with Gasteiger partial charge in [0, 0.05) is 24.0 Å². The molecule has 0 saturated heterocycles. The average molecular weight is 404 g/mol. The number of ketones is 1. The molecule has 1 aromatic rings. The van der Waals surface area contributed by atoms with Crippen molar-refractivity contribution in [3.63, 3.8) is 0 Å². The number of carbonyl (C=O) groups excluding carboxylic acids is 1. The number of alkyl halides is 2. The van der Waals surface area contributed by atoms with Crippen molar-refractivity contribution in [1.82, 2.24) is 0 Å². The summed E-state index contributed by atoms with van der Waals surface area (Å²) in [6.07, 6.45) is 0.843. The predicted octanol–water partition coefficient (Wildman–Crippen LogP) is 2.15. The zero-order valence-electron chi connectivity index (χ0n) is 8.96. The lowest BCUT2D eigenvalue weighted by Crippen LogP contribution is -2.34. The van der Waals surface area contributed by atoms with Crippen molar-refractivity contribution < 1.29 is 18.1 Å². The Bertz CT molecular complexity index is 596. The van der Waals surface area contributed by atoms with Gasteiger partial charge in [-0.05, 0) is 34.7 Å². The predicted molar refractivity (Wildman–Crippen MR) is 74.9 cm³/mol. The molecule has 0 amide bonds. The van der Waals surface area contributed by atoms with E-state index in [-0.39, 0.29) is 11.3 Å². The molecular formula is C9H7ClINO5S. The summed E-state index contributed by atoms with van der Waals surface area (Å²) in [5.41, 5.74) is -0.199. The van der Waals surface area contributed by atoms with Crippen molar-refractivity contribution in [2.75, 3.05) is 6.26 Å². The molecule has 1 aromatic carbocycles. The lowest BCUT2D eigenvalue weighted by Gasteiger charge is -2.16. The number of nitrogens with zero attached hydrogens (tertiary/aromatic N) is 1. The number of nitro groups is 1. The summed E-state index contributed by atoms with van der Waals surface area (Å²) in [6, 6.07) is 4.56. The van der Waals surface area contributed by atoms with Gasteiger partial charge in [0.25, 0.3) is 7.90 Å². The van der Waals surface area contributed by atoms with Crippen LogP contribution in [0.4, 0.5) is 5.69 Å². The van der Waals surface area contributed by atoms with Gasteiger partial charge in [-0.1, -0.05) is 11.6 Å². The highest BCUT2D eigenvalue weighted by Gasteiger charge is 2.44. The molecule has 0 aliphatic carbocycles. The van der Waals surface area contributed by atoms with E-state index in [4.69, 9.17) is 11.6 Å². The van der Waals surface area contributed by atoms with Crippen LogP contribution in [0.2, 0.25) is 0 Å². The number of sulfone groups is 1. The summed E-state index contributed by atoms with van der Waals surface area (Å²) in [4.78, 5) is 21.7. The molecular weight excluding hydrogens is 397 g/mol. The lowest BCUT2D eigenvalue weighted by molar-refractivity contribution is -0.384. The number of non-ortho nitro benzene ring substituents is 1. The van der Waals surface area contributed by atoms with Gasteiger partial charge < -0.3 is 0 Å². The van der Waals surface area contributed by atoms with Gasteiger partial charge in [-0.15, -0.1) is 0 Å². The monoisotopic (exact) mass is 403 g/mol. The summed E-state index contributed by atoms with van der Waals surface area (Å²) in [6.45, 7) is 0. The Balaban J connectivity index is 3.17. The van der Waals surface area contributed by atoms with Crippen LogP contribution in [0.15, 0.2) is 24.3 Å². The van der Waals surface area contributed by atoms with E-state index in [1.54, 1.807) is 0 Å². The minimum atomic E-state index is -3.81. The van der Waals surface area contributed by atoms with Crippen molar-refractivity contribution in [3.05, 3.63) is 39.9 Å². The van der Waals surface area contributed by atoms with Gasteiger partial charge >= 0.3 is 0 Å². The molecule has 0 fully saturated rings. The smallest absolute Gasteiger partial charge is 0.269 e. The molecule has 0 radical (unpaired) electrons. The first-order chi connectivity index (χ1) is 8.07. The van der Waals surface area contributed by atoms with E-state index >= 15 is 0 Å². The molecule has 0 aliphatic rings. The Morgan fingerprint density at radius 2 is 1.83 bits per heavy atom. The molecule has 0 aromatic heterocycles. The fourth-order valence-corrected chi connectivity index (χ4v) is 1.95. The highest BCUT2D eigenvalue weighted by Crippen LogP contribution is 2.34. The molecule has 0 bridgehead atoms. The van der Waals surface area contributed by atoms with Crippen LogP contribution in [-0.2, 0) is 9.84 Å². The first kappa shape index (κ1) is 15.3. The number of nitro benzene ring substituents is 1. The topological polar surface area (TPSA) is 94.3 Å². The van der Waals surface area contributed by atoms with Gasteiger partial charge in [0.05, 0.1) is 4.92 Å². The first-order valence-electron chi connectivity index (χ1n) is 4.44. The van der Waals surface area contributed by atoms with Crippen LogP contribution in [0.1, 0.15) is 10.4 Å². The van der Waals surface area contributed by atoms with Crippen molar-refractivity contribution in [2.24, 2.45) is 0 Å². The summed E-state index contributed by atoms with van der Waals surface area (Å²) >= 11 is 7.04. The number of halogens is 2. The molecule has 9 heteroatoms. The Morgan fingerprint density at radius 3 is 2.17 bits per heavy atom. The maximum absolute atomic E-state index is 11.9. The van der Waals surface area contributed by atoms with Crippen LogP contribution in [0.25, 0.3) is 0 Å². The number of rotatable bonds is 4. The molecule has 1 rings (SSSR count). The van der Waals surface area contributed by atoms with Gasteiger partial charge in [0.1, 0.15) is 0 Å². The van der Waals surface area contributed by atoms with E-state index in [9.17, 15) is 23.3 Å². The van der Waals surface area contributed by atoms with Crippen LogP contribution >= 0.6 is 34.2 Å². The van der Waals surface area contributed by atoms with E-state index < -0.39 is 22.8 Å². The summed E-state index contributed by atoms with van der Waals surface area (Å²) in [5, 5.41) is 10.4. The molecule has 1 unspecified atom stereocenters. The maximum atomic E-state index is 11.9. The van der Waals surface area contributed by atoms with E-state index in [0.717, 1.165) is 18.4 Å². The van der Waals surface area contributed by atoms with Crippen LogP contribution in [-0.4, -0.2) is 27.6 Å². The summed E-state index contributed by atoms with van der Waals surface area (Å²) in [5.74, 6) is -0.831. The van der Waals surface area contributed by atoms with Crippen LogP contribution in [0, 0.1) is 10.1 Å². The van der Waals surface area contributed by atoms with Crippen LogP contribution in [0.3, 0.4) is 0 Å². The number of carbonyl (C=O) groups is 1. The zero-order valence-corrected chi connectivity index (χ0v) is 12.7. The lowest BCUT2D eigenvalue weighted by atomic mass is 10.1. The van der Waals surface area contributed by atoms with Crippen molar-refractivity contribution in [2.45, 2.75) is 2.21 Å².